The van der Waals surface area contributed by atoms with E-state index in [0.717, 1.165) is 19.5 Å². The molecule has 0 saturated carbocycles. The first-order valence-corrected chi connectivity index (χ1v) is 5.67. The molecule has 3 nitrogen and oxygen atoms in total. The monoisotopic (exact) mass is 293 g/mol. The van der Waals surface area contributed by atoms with Crippen molar-refractivity contribution in [3.63, 3.8) is 0 Å². The minimum Gasteiger partial charge on any atom is -0.314 e. The number of hydrogen-bond acceptors (Lipinski definition) is 2. The summed E-state index contributed by atoms with van der Waals surface area (Å²) in [6, 6.07) is 0.581. The largest absolute Gasteiger partial charge is 0.314 e. The molecular weight excluding hydrogens is 277 g/mol. The molecule has 1 heterocycles. The van der Waals surface area contributed by atoms with Crippen molar-refractivity contribution in [2.75, 3.05) is 6.54 Å². The lowest BCUT2D eigenvalue weighted by molar-refractivity contribution is 0.513. The molecule has 1 aromatic heterocycles. The summed E-state index contributed by atoms with van der Waals surface area (Å²) in [6.45, 7) is 6.39. The van der Waals surface area contributed by atoms with Crippen LogP contribution in [-0.2, 0) is 6.54 Å². The zero-order valence-corrected chi connectivity index (χ0v) is 10.3. The van der Waals surface area contributed by atoms with E-state index in [-0.39, 0.29) is 0 Å². The number of aryl methyl sites for hydroxylation is 1. The van der Waals surface area contributed by atoms with E-state index in [4.69, 9.17) is 0 Å². The number of halogens is 1. The topological polar surface area (TPSA) is 29.9 Å². The average molecular weight is 293 g/mol. The fraction of sp³-hybridized carbons (Fsp3) is 0.667. The van der Waals surface area contributed by atoms with E-state index in [1.54, 1.807) is 0 Å². The van der Waals surface area contributed by atoms with Gasteiger partial charge in [-0.2, -0.15) is 5.10 Å². The number of aromatic nitrogens is 2. The van der Waals surface area contributed by atoms with E-state index in [1.165, 1.54) is 3.57 Å². The second-order valence-electron chi connectivity index (χ2n) is 3.38. The Morgan fingerprint density at radius 1 is 1.62 bits per heavy atom. The molecule has 0 unspecified atom stereocenters. The lowest BCUT2D eigenvalue weighted by Crippen LogP contribution is -2.24. The second kappa shape index (κ2) is 5.59. The van der Waals surface area contributed by atoms with Gasteiger partial charge in [0, 0.05) is 18.8 Å². The van der Waals surface area contributed by atoms with Gasteiger partial charge in [0.1, 0.15) is 0 Å². The summed E-state index contributed by atoms with van der Waals surface area (Å²) in [5.41, 5.74) is 0. The van der Waals surface area contributed by atoms with Crippen molar-refractivity contribution in [2.24, 2.45) is 0 Å². The highest BCUT2D eigenvalue weighted by atomic mass is 127. The highest BCUT2D eigenvalue weighted by molar-refractivity contribution is 14.1. The summed E-state index contributed by atoms with van der Waals surface area (Å²) in [5, 5.41) is 7.59. The van der Waals surface area contributed by atoms with Crippen molar-refractivity contribution in [2.45, 2.75) is 32.9 Å². The molecule has 0 atom stereocenters. The van der Waals surface area contributed by atoms with E-state index in [9.17, 15) is 0 Å². The molecule has 0 aliphatic carbocycles. The lowest BCUT2D eigenvalue weighted by atomic mass is 10.3. The van der Waals surface area contributed by atoms with Crippen molar-refractivity contribution in [1.82, 2.24) is 15.1 Å². The summed E-state index contributed by atoms with van der Waals surface area (Å²) >= 11 is 2.27. The zero-order valence-electron chi connectivity index (χ0n) is 8.13. The number of nitrogens with one attached hydrogen (secondary N) is 1. The third-order valence-electron chi connectivity index (χ3n) is 1.72. The van der Waals surface area contributed by atoms with Crippen LogP contribution in [0.5, 0.6) is 0 Å². The molecule has 74 valence electrons. The van der Waals surface area contributed by atoms with Gasteiger partial charge in [0.15, 0.2) is 0 Å². The van der Waals surface area contributed by atoms with Crippen molar-refractivity contribution in [3.05, 3.63) is 16.0 Å². The van der Waals surface area contributed by atoms with Crippen LogP contribution in [-0.4, -0.2) is 22.4 Å². The van der Waals surface area contributed by atoms with Crippen molar-refractivity contribution in [3.8, 4) is 0 Å². The van der Waals surface area contributed by atoms with Gasteiger partial charge in [0.2, 0.25) is 0 Å². The van der Waals surface area contributed by atoms with Gasteiger partial charge in [-0.05, 0) is 35.6 Å². The Morgan fingerprint density at radius 2 is 2.38 bits per heavy atom. The average Bonchev–Trinajstić information content (AvgIpc) is 2.45. The van der Waals surface area contributed by atoms with Crippen LogP contribution in [0.25, 0.3) is 0 Å². The minimum atomic E-state index is 0.581. The maximum atomic E-state index is 4.21. The second-order valence-corrected chi connectivity index (χ2v) is 4.63. The molecule has 0 amide bonds. The minimum absolute atomic E-state index is 0.581. The Balaban J connectivity index is 2.13. The molecule has 4 heteroatoms. The van der Waals surface area contributed by atoms with Crippen LogP contribution >= 0.6 is 22.6 Å². The van der Waals surface area contributed by atoms with Gasteiger partial charge in [0.25, 0.3) is 0 Å². The Labute approximate surface area is 93.0 Å². The van der Waals surface area contributed by atoms with Crippen LogP contribution in [0.15, 0.2) is 12.4 Å². The molecule has 0 fully saturated rings. The number of rotatable bonds is 5. The molecule has 0 spiro atoms. The van der Waals surface area contributed by atoms with E-state index >= 15 is 0 Å². The van der Waals surface area contributed by atoms with Crippen LogP contribution < -0.4 is 5.32 Å². The SMILES string of the molecule is CC(C)NCCCn1cc(I)cn1. The first kappa shape index (κ1) is 11.0. The molecule has 1 N–H and O–H groups in total. The van der Waals surface area contributed by atoms with Gasteiger partial charge in [-0.15, -0.1) is 0 Å². The normalized spacial score (nSPS) is 11.1. The predicted octanol–water partition coefficient (Wildman–Crippen LogP) is 1.88. The van der Waals surface area contributed by atoms with E-state index < -0.39 is 0 Å². The van der Waals surface area contributed by atoms with Gasteiger partial charge in [-0.1, -0.05) is 13.8 Å². The molecule has 1 rings (SSSR count). The maximum Gasteiger partial charge on any atom is 0.0623 e. The highest BCUT2D eigenvalue weighted by Gasteiger charge is 1.95. The molecular formula is C9H16IN3. The van der Waals surface area contributed by atoms with E-state index in [0.29, 0.717) is 6.04 Å². The summed E-state index contributed by atoms with van der Waals surface area (Å²) in [4.78, 5) is 0. The smallest absolute Gasteiger partial charge is 0.0623 e. The highest BCUT2D eigenvalue weighted by Crippen LogP contribution is 2.01. The fourth-order valence-electron chi connectivity index (χ4n) is 1.09. The first-order chi connectivity index (χ1) is 6.18. The van der Waals surface area contributed by atoms with Crippen LogP contribution in [0.4, 0.5) is 0 Å². The fourth-order valence-corrected chi connectivity index (χ4v) is 1.54. The quantitative estimate of drug-likeness (QED) is 0.663. The van der Waals surface area contributed by atoms with Gasteiger partial charge in [-0.25, -0.2) is 0 Å². The summed E-state index contributed by atoms with van der Waals surface area (Å²) < 4.78 is 3.19. The van der Waals surface area contributed by atoms with Gasteiger partial charge >= 0.3 is 0 Å². The number of nitrogens with zero attached hydrogens (tertiary/aromatic N) is 2. The van der Waals surface area contributed by atoms with Crippen LogP contribution in [0.2, 0.25) is 0 Å². The van der Waals surface area contributed by atoms with E-state index in [2.05, 4.69) is 53.1 Å². The molecule has 13 heavy (non-hydrogen) atoms. The molecule has 0 aromatic carbocycles. The predicted molar refractivity (Wildman–Crippen MR) is 62.7 cm³/mol. The van der Waals surface area contributed by atoms with Crippen molar-refractivity contribution < 1.29 is 0 Å². The molecule has 0 saturated heterocycles. The van der Waals surface area contributed by atoms with Crippen LogP contribution in [0, 0.1) is 3.57 Å². The molecule has 0 aliphatic heterocycles. The Hall–Kier alpha value is -0.100. The standard InChI is InChI=1S/C9H16IN3/c1-8(2)11-4-3-5-13-7-9(10)6-12-13/h6-8,11H,3-5H2,1-2H3. The summed E-state index contributed by atoms with van der Waals surface area (Å²) in [6.07, 6.45) is 5.09. The van der Waals surface area contributed by atoms with Crippen LogP contribution in [0.1, 0.15) is 20.3 Å². The van der Waals surface area contributed by atoms with Gasteiger partial charge in [-0.3, -0.25) is 4.68 Å². The van der Waals surface area contributed by atoms with Gasteiger partial charge < -0.3 is 5.32 Å². The Kier molecular flexibility index (Phi) is 4.72. The van der Waals surface area contributed by atoms with E-state index in [1.807, 2.05) is 10.9 Å². The number of hydrogen-bond donors (Lipinski definition) is 1. The third-order valence-corrected chi connectivity index (χ3v) is 2.28. The molecule has 0 bridgehead atoms. The maximum absolute atomic E-state index is 4.21. The third kappa shape index (κ3) is 4.61. The van der Waals surface area contributed by atoms with Crippen LogP contribution in [0.3, 0.4) is 0 Å². The van der Waals surface area contributed by atoms with Gasteiger partial charge in [0.05, 0.1) is 9.77 Å². The van der Waals surface area contributed by atoms with Crippen molar-refractivity contribution in [1.29, 1.82) is 0 Å². The first-order valence-electron chi connectivity index (χ1n) is 4.60. The Morgan fingerprint density at radius 3 is 2.92 bits per heavy atom. The van der Waals surface area contributed by atoms with Crippen molar-refractivity contribution >= 4 is 22.6 Å². The zero-order chi connectivity index (χ0) is 9.68. The summed E-state index contributed by atoms with van der Waals surface area (Å²) in [7, 11) is 0. The lowest BCUT2D eigenvalue weighted by Gasteiger charge is -2.07. The molecule has 0 aliphatic rings. The summed E-state index contributed by atoms with van der Waals surface area (Å²) in [5.74, 6) is 0. The Bertz CT molecular complexity index is 245. The molecule has 0 radical (unpaired) electrons. The molecule has 1 aromatic rings.